The molecule has 0 radical (unpaired) electrons. The van der Waals surface area contributed by atoms with Gasteiger partial charge in [0.15, 0.2) is 0 Å². The average molecular weight is 251 g/mol. The predicted octanol–water partition coefficient (Wildman–Crippen LogP) is 2.45. The number of fused-ring (bicyclic) bond motifs is 1. The molecule has 0 atom stereocenters. The molecule has 0 spiro atoms. The van der Waals surface area contributed by atoms with Crippen molar-refractivity contribution in [1.82, 2.24) is 25.1 Å². The van der Waals surface area contributed by atoms with Crippen molar-refractivity contribution in [1.29, 1.82) is 0 Å². The fraction of sp³-hybridized carbons (Fsp3) is 0.143. The molecule has 0 saturated carbocycles. The molecule has 3 aromatic heterocycles. The summed E-state index contributed by atoms with van der Waals surface area (Å²) in [6.45, 7) is 5.62. The molecule has 94 valence electrons. The van der Waals surface area contributed by atoms with Gasteiger partial charge in [-0.05, 0) is 13.0 Å². The highest BCUT2D eigenvalue weighted by Crippen LogP contribution is 2.23. The fourth-order valence-corrected chi connectivity index (χ4v) is 1.97. The Morgan fingerprint density at radius 1 is 1.26 bits per heavy atom. The number of pyridine rings is 1. The Morgan fingerprint density at radius 2 is 2.05 bits per heavy atom. The fourth-order valence-electron chi connectivity index (χ4n) is 1.97. The molecule has 19 heavy (non-hydrogen) atoms. The molecular formula is C14H13N5. The van der Waals surface area contributed by atoms with Crippen molar-refractivity contribution in [2.45, 2.75) is 13.3 Å². The lowest BCUT2D eigenvalue weighted by Crippen LogP contribution is -1.95. The SMILES string of the molecule is C=CCc1nc(-c2cnc(C)nc2)cc2cn[nH]c12. The first-order valence-corrected chi connectivity index (χ1v) is 6.01. The maximum absolute atomic E-state index is 4.64. The second-order valence-corrected chi connectivity index (χ2v) is 4.30. The highest BCUT2D eigenvalue weighted by Gasteiger charge is 2.09. The Labute approximate surface area is 110 Å². The van der Waals surface area contributed by atoms with Gasteiger partial charge in [-0.15, -0.1) is 6.58 Å². The van der Waals surface area contributed by atoms with Crippen LogP contribution in [0.3, 0.4) is 0 Å². The van der Waals surface area contributed by atoms with Crippen LogP contribution < -0.4 is 0 Å². The molecule has 3 heterocycles. The normalized spacial score (nSPS) is 10.8. The zero-order valence-corrected chi connectivity index (χ0v) is 10.6. The maximum Gasteiger partial charge on any atom is 0.125 e. The molecule has 3 rings (SSSR count). The third-order valence-electron chi connectivity index (χ3n) is 2.92. The largest absolute Gasteiger partial charge is 0.276 e. The van der Waals surface area contributed by atoms with E-state index in [2.05, 4.69) is 31.7 Å². The molecule has 5 nitrogen and oxygen atoms in total. The van der Waals surface area contributed by atoms with E-state index in [9.17, 15) is 0 Å². The van der Waals surface area contributed by atoms with Crippen LogP contribution in [0.1, 0.15) is 11.5 Å². The Morgan fingerprint density at radius 3 is 2.79 bits per heavy atom. The minimum Gasteiger partial charge on any atom is -0.276 e. The van der Waals surface area contributed by atoms with E-state index in [-0.39, 0.29) is 0 Å². The van der Waals surface area contributed by atoms with E-state index in [1.165, 1.54) is 0 Å². The predicted molar refractivity (Wildman–Crippen MR) is 73.6 cm³/mol. The summed E-state index contributed by atoms with van der Waals surface area (Å²) in [5, 5.41) is 8.06. The summed E-state index contributed by atoms with van der Waals surface area (Å²) in [7, 11) is 0. The van der Waals surface area contributed by atoms with Crippen LogP contribution in [0.25, 0.3) is 22.2 Å². The molecule has 0 amide bonds. The number of hydrogen-bond donors (Lipinski definition) is 1. The number of allylic oxidation sites excluding steroid dienone is 1. The lowest BCUT2D eigenvalue weighted by molar-refractivity contribution is 1.04. The minimum atomic E-state index is 0.694. The van der Waals surface area contributed by atoms with E-state index in [1.807, 2.05) is 19.1 Å². The molecule has 3 aromatic rings. The van der Waals surface area contributed by atoms with Gasteiger partial charge in [0, 0.05) is 29.8 Å². The van der Waals surface area contributed by atoms with Crippen molar-refractivity contribution in [2.24, 2.45) is 0 Å². The Kier molecular flexibility index (Phi) is 2.79. The first-order chi connectivity index (χ1) is 9.28. The number of aromatic nitrogens is 5. The number of H-pyrrole nitrogens is 1. The van der Waals surface area contributed by atoms with Crippen molar-refractivity contribution < 1.29 is 0 Å². The Hall–Kier alpha value is -2.56. The van der Waals surface area contributed by atoms with Crippen LogP contribution in [0.2, 0.25) is 0 Å². The molecule has 0 aliphatic carbocycles. The molecule has 5 heteroatoms. The van der Waals surface area contributed by atoms with E-state index in [4.69, 9.17) is 0 Å². The van der Waals surface area contributed by atoms with Crippen LogP contribution in [-0.4, -0.2) is 25.1 Å². The standard InChI is InChI=1S/C14H13N5/c1-3-4-12-14-10(8-17-19-14)5-13(18-12)11-6-15-9(2)16-7-11/h3,5-8H,1,4H2,2H3,(H,17,19). The van der Waals surface area contributed by atoms with Crippen LogP contribution in [0.4, 0.5) is 0 Å². The van der Waals surface area contributed by atoms with E-state index >= 15 is 0 Å². The number of hydrogen-bond acceptors (Lipinski definition) is 4. The topological polar surface area (TPSA) is 67.3 Å². The Bertz CT molecular complexity index is 727. The van der Waals surface area contributed by atoms with Crippen LogP contribution in [0.15, 0.2) is 37.3 Å². The third kappa shape index (κ3) is 2.10. The van der Waals surface area contributed by atoms with Crippen LogP contribution in [0, 0.1) is 6.92 Å². The third-order valence-corrected chi connectivity index (χ3v) is 2.92. The van der Waals surface area contributed by atoms with Crippen LogP contribution >= 0.6 is 0 Å². The smallest absolute Gasteiger partial charge is 0.125 e. The lowest BCUT2D eigenvalue weighted by Gasteiger charge is -2.04. The number of aromatic amines is 1. The number of aryl methyl sites for hydroxylation is 1. The van der Waals surface area contributed by atoms with E-state index in [0.717, 1.165) is 33.7 Å². The number of nitrogens with one attached hydrogen (secondary N) is 1. The van der Waals surface area contributed by atoms with E-state index in [1.54, 1.807) is 18.6 Å². The zero-order chi connectivity index (χ0) is 13.2. The number of rotatable bonds is 3. The summed E-state index contributed by atoms with van der Waals surface area (Å²) in [5.41, 5.74) is 3.64. The molecule has 0 unspecified atom stereocenters. The van der Waals surface area contributed by atoms with E-state index < -0.39 is 0 Å². The second-order valence-electron chi connectivity index (χ2n) is 4.30. The monoisotopic (exact) mass is 251 g/mol. The zero-order valence-electron chi connectivity index (χ0n) is 10.6. The van der Waals surface area contributed by atoms with Gasteiger partial charge in [0.1, 0.15) is 5.82 Å². The van der Waals surface area contributed by atoms with Gasteiger partial charge in [0.2, 0.25) is 0 Å². The molecule has 0 aliphatic rings. The highest BCUT2D eigenvalue weighted by atomic mass is 15.1. The van der Waals surface area contributed by atoms with Gasteiger partial charge in [0.05, 0.1) is 23.1 Å². The van der Waals surface area contributed by atoms with Crippen molar-refractivity contribution in [2.75, 3.05) is 0 Å². The van der Waals surface area contributed by atoms with Crippen molar-refractivity contribution in [3.05, 3.63) is 48.8 Å². The first-order valence-electron chi connectivity index (χ1n) is 6.01. The van der Waals surface area contributed by atoms with Crippen LogP contribution in [0.5, 0.6) is 0 Å². The van der Waals surface area contributed by atoms with Gasteiger partial charge in [-0.25, -0.2) is 9.97 Å². The molecule has 0 saturated heterocycles. The molecule has 0 fully saturated rings. The van der Waals surface area contributed by atoms with Crippen molar-refractivity contribution in [3.63, 3.8) is 0 Å². The molecular weight excluding hydrogens is 238 g/mol. The van der Waals surface area contributed by atoms with Crippen molar-refractivity contribution in [3.8, 4) is 11.3 Å². The average Bonchev–Trinajstić information content (AvgIpc) is 2.88. The van der Waals surface area contributed by atoms with Gasteiger partial charge >= 0.3 is 0 Å². The molecule has 1 N–H and O–H groups in total. The summed E-state index contributed by atoms with van der Waals surface area (Å²) in [4.78, 5) is 13.0. The first kappa shape index (κ1) is 11.5. The van der Waals surface area contributed by atoms with Gasteiger partial charge in [-0.1, -0.05) is 6.08 Å². The van der Waals surface area contributed by atoms with E-state index in [0.29, 0.717) is 6.42 Å². The van der Waals surface area contributed by atoms with Gasteiger partial charge < -0.3 is 0 Å². The van der Waals surface area contributed by atoms with Gasteiger partial charge in [0.25, 0.3) is 0 Å². The summed E-state index contributed by atoms with van der Waals surface area (Å²) >= 11 is 0. The Balaban J connectivity index is 2.18. The lowest BCUT2D eigenvalue weighted by atomic mass is 10.1. The van der Waals surface area contributed by atoms with Gasteiger partial charge in [-0.2, -0.15) is 5.10 Å². The maximum atomic E-state index is 4.64. The molecule has 0 bridgehead atoms. The summed E-state index contributed by atoms with van der Waals surface area (Å²) in [6.07, 6.45) is 7.89. The highest BCUT2D eigenvalue weighted by molar-refractivity contribution is 5.84. The summed E-state index contributed by atoms with van der Waals surface area (Å²) in [6, 6.07) is 1.99. The summed E-state index contributed by atoms with van der Waals surface area (Å²) < 4.78 is 0. The summed E-state index contributed by atoms with van der Waals surface area (Å²) in [5.74, 6) is 0.749. The quantitative estimate of drug-likeness (QED) is 0.726. The van der Waals surface area contributed by atoms with Crippen LogP contribution in [-0.2, 0) is 6.42 Å². The second kappa shape index (κ2) is 4.61. The number of nitrogens with zero attached hydrogens (tertiary/aromatic N) is 4. The molecule has 0 aromatic carbocycles. The van der Waals surface area contributed by atoms with Gasteiger partial charge in [-0.3, -0.25) is 10.1 Å². The molecule has 0 aliphatic heterocycles. The van der Waals surface area contributed by atoms with Crippen molar-refractivity contribution >= 4 is 10.9 Å². The minimum absolute atomic E-state index is 0.694.